The fourth-order valence-corrected chi connectivity index (χ4v) is 1.28. The summed E-state index contributed by atoms with van der Waals surface area (Å²) in [5.74, 6) is 0.530. The highest BCUT2D eigenvalue weighted by Gasteiger charge is 2.00. The van der Waals surface area contributed by atoms with Gasteiger partial charge in [-0.3, -0.25) is 0 Å². The van der Waals surface area contributed by atoms with Gasteiger partial charge in [0.15, 0.2) is 0 Å². The molecular formula is C12H18FNO. The first-order chi connectivity index (χ1) is 7.09. The molecule has 0 saturated heterocycles. The van der Waals surface area contributed by atoms with Gasteiger partial charge < -0.3 is 10.1 Å². The molecule has 0 heterocycles. The van der Waals surface area contributed by atoms with Crippen LogP contribution in [0.2, 0.25) is 0 Å². The Bertz CT molecular complexity index is 312. The third-order valence-corrected chi connectivity index (χ3v) is 2.05. The van der Waals surface area contributed by atoms with Gasteiger partial charge in [-0.05, 0) is 30.7 Å². The van der Waals surface area contributed by atoms with E-state index in [2.05, 4.69) is 19.2 Å². The van der Waals surface area contributed by atoms with Crippen LogP contribution in [0.4, 0.5) is 4.39 Å². The molecule has 1 aromatic carbocycles. The molecule has 0 spiro atoms. The van der Waals surface area contributed by atoms with Gasteiger partial charge in [-0.1, -0.05) is 13.8 Å². The monoisotopic (exact) mass is 211 g/mol. The highest BCUT2D eigenvalue weighted by molar-refractivity contribution is 5.32. The number of aryl methyl sites for hydroxylation is 1. The number of ether oxygens (including phenoxy) is 1. The zero-order chi connectivity index (χ0) is 11.3. The van der Waals surface area contributed by atoms with E-state index < -0.39 is 0 Å². The lowest BCUT2D eigenvalue weighted by Gasteiger charge is -2.11. The molecule has 84 valence electrons. The molecule has 3 heteroatoms. The summed E-state index contributed by atoms with van der Waals surface area (Å²) in [4.78, 5) is 0. The van der Waals surface area contributed by atoms with E-state index in [1.165, 1.54) is 12.1 Å². The summed E-state index contributed by atoms with van der Waals surface area (Å²) >= 11 is 0. The molecule has 15 heavy (non-hydrogen) atoms. The Morgan fingerprint density at radius 2 is 2.13 bits per heavy atom. The summed E-state index contributed by atoms with van der Waals surface area (Å²) in [6.07, 6.45) is 0. The zero-order valence-electron chi connectivity index (χ0n) is 9.51. The Labute approximate surface area is 90.4 Å². The van der Waals surface area contributed by atoms with Crippen LogP contribution < -0.4 is 10.1 Å². The molecular weight excluding hydrogens is 193 g/mol. The lowest BCUT2D eigenvalue weighted by atomic mass is 10.2. The molecule has 2 nitrogen and oxygen atoms in total. The Morgan fingerprint density at radius 3 is 2.73 bits per heavy atom. The minimum absolute atomic E-state index is 0.222. The first-order valence-electron chi connectivity index (χ1n) is 5.22. The Balaban J connectivity index is 2.37. The normalized spacial score (nSPS) is 10.7. The van der Waals surface area contributed by atoms with E-state index in [0.29, 0.717) is 12.6 Å². The van der Waals surface area contributed by atoms with Crippen molar-refractivity contribution in [2.45, 2.75) is 26.8 Å². The topological polar surface area (TPSA) is 21.3 Å². The summed E-state index contributed by atoms with van der Waals surface area (Å²) in [6.45, 7) is 7.42. The lowest BCUT2D eigenvalue weighted by Crippen LogP contribution is -2.27. The second-order valence-electron chi connectivity index (χ2n) is 3.87. The van der Waals surface area contributed by atoms with Crippen molar-refractivity contribution in [3.63, 3.8) is 0 Å². The highest BCUT2D eigenvalue weighted by Crippen LogP contribution is 2.17. The summed E-state index contributed by atoms with van der Waals surface area (Å²) in [5, 5.41) is 3.25. The van der Waals surface area contributed by atoms with Gasteiger partial charge in [0.25, 0.3) is 0 Å². The lowest BCUT2D eigenvalue weighted by molar-refractivity contribution is 0.306. The number of halogens is 1. The fraction of sp³-hybridized carbons (Fsp3) is 0.500. The molecule has 1 N–H and O–H groups in total. The highest BCUT2D eigenvalue weighted by atomic mass is 19.1. The molecule has 0 atom stereocenters. The van der Waals surface area contributed by atoms with Crippen molar-refractivity contribution in [1.29, 1.82) is 0 Å². The zero-order valence-corrected chi connectivity index (χ0v) is 9.51. The first-order valence-corrected chi connectivity index (χ1v) is 5.22. The van der Waals surface area contributed by atoms with Crippen molar-refractivity contribution < 1.29 is 9.13 Å². The standard InChI is InChI=1S/C12H18FNO/c1-9(2)14-6-7-15-12-5-4-11(13)8-10(12)3/h4-5,8-9,14H,6-7H2,1-3H3. The van der Waals surface area contributed by atoms with Crippen LogP contribution in [0.15, 0.2) is 18.2 Å². The molecule has 0 bridgehead atoms. The first kappa shape index (κ1) is 12.0. The molecule has 0 unspecified atom stereocenters. The van der Waals surface area contributed by atoms with Gasteiger partial charge >= 0.3 is 0 Å². The van der Waals surface area contributed by atoms with E-state index in [1.54, 1.807) is 6.07 Å². The van der Waals surface area contributed by atoms with Crippen LogP contribution in [0, 0.1) is 12.7 Å². The Hall–Kier alpha value is -1.09. The summed E-state index contributed by atoms with van der Waals surface area (Å²) < 4.78 is 18.3. The van der Waals surface area contributed by atoms with Crippen molar-refractivity contribution >= 4 is 0 Å². The average Bonchev–Trinajstić information content (AvgIpc) is 2.14. The molecule has 0 aliphatic heterocycles. The molecule has 0 amide bonds. The van der Waals surface area contributed by atoms with E-state index >= 15 is 0 Å². The molecule has 0 fully saturated rings. The van der Waals surface area contributed by atoms with Crippen molar-refractivity contribution in [2.24, 2.45) is 0 Å². The Morgan fingerprint density at radius 1 is 1.40 bits per heavy atom. The predicted molar refractivity (Wildman–Crippen MR) is 59.8 cm³/mol. The average molecular weight is 211 g/mol. The number of hydrogen-bond donors (Lipinski definition) is 1. The quantitative estimate of drug-likeness (QED) is 0.756. The minimum Gasteiger partial charge on any atom is -0.492 e. The molecule has 1 rings (SSSR count). The molecule has 0 aliphatic rings. The van der Waals surface area contributed by atoms with Gasteiger partial charge in [-0.2, -0.15) is 0 Å². The summed E-state index contributed by atoms with van der Waals surface area (Å²) in [7, 11) is 0. The number of nitrogens with one attached hydrogen (secondary N) is 1. The van der Waals surface area contributed by atoms with Crippen LogP contribution in [0.5, 0.6) is 5.75 Å². The van der Waals surface area contributed by atoms with Crippen LogP contribution >= 0.6 is 0 Å². The van der Waals surface area contributed by atoms with E-state index in [-0.39, 0.29) is 5.82 Å². The molecule has 1 aromatic rings. The second kappa shape index (κ2) is 5.71. The number of hydrogen-bond acceptors (Lipinski definition) is 2. The summed E-state index contributed by atoms with van der Waals surface area (Å²) in [6, 6.07) is 5.02. The van der Waals surface area contributed by atoms with Gasteiger partial charge in [0.2, 0.25) is 0 Å². The van der Waals surface area contributed by atoms with E-state index in [9.17, 15) is 4.39 Å². The second-order valence-corrected chi connectivity index (χ2v) is 3.87. The van der Waals surface area contributed by atoms with Crippen LogP contribution in [0.25, 0.3) is 0 Å². The third-order valence-electron chi connectivity index (χ3n) is 2.05. The van der Waals surface area contributed by atoms with Crippen molar-refractivity contribution in [3.8, 4) is 5.75 Å². The number of rotatable bonds is 5. The van der Waals surface area contributed by atoms with Crippen LogP contribution in [0.1, 0.15) is 19.4 Å². The van der Waals surface area contributed by atoms with Gasteiger partial charge in [0.05, 0.1) is 0 Å². The number of benzene rings is 1. The van der Waals surface area contributed by atoms with Crippen LogP contribution in [-0.4, -0.2) is 19.2 Å². The minimum atomic E-state index is -0.222. The fourth-order valence-electron chi connectivity index (χ4n) is 1.28. The smallest absolute Gasteiger partial charge is 0.123 e. The van der Waals surface area contributed by atoms with E-state index in [4.69, 9.17) is 4.74 Å². The molecule has 0 aliphatic carbocycles. The maximum absolute atomic E-state index is 12.8. The predicted octanol–water partition coefficient (Wildman–Crippen LogP) is 2.51. The van der Waals surface area contributed by atoms with E-state index in [0.717, 1.165) is 17.9 Å². The van der Waals surface area contributed by atoms with Gasteiger partial charge in [0.1, 0.15) is 18.2 Å². The molecule has 0 aromatic heterocycles. The molecule has 0 saturated carbocycles. The largest absolute Gasteiger partial charge is 0.492 e. The van der Waals surface area contributed by atoms with Gasteiger partial charge in [0, 0.05) is 12.6 Å². The van der Waals surface area contributed by atoms with Crippen LogP contribution in [-0.2, 0) is 0 Å². The Kier molecular flexibility index (Phi) is 4.56. The van der Waals surface area contributed by atoms with Gasteiger partial charge in [-0.25, -0.2) is 4.39 Å². The van der Waals surface area contributed by atoms with E-state index in [1.807, 2.05) is 6.92 Å². The molecule has 0 radical (unpaired) electrons. The SMILES string of the molecule is Cc1cc(F)ccc1OCCNC(C)C. The van der Waals surface area contributed by atoms with Crippen molar-refractivity contribution in [2.75, 3.05) is 13.2 Å². The van der Waals surface area contributed by atoms with Crippen LogP contribution in [0.3, 0.4) is 0 Å². The maximum atomic E-state index is 12.8. The van der Waals surface area contributed by atoms with Crippen molar-refractivity contribution in [3.05, 3.63) is 29.6 Å². The van der Waals surface area contributed by atoms with Crippen molar-refractivity contribution in [1.82, 2.24) is 5.32 Å². The van der Waals surface area contributed by atoms with Gasteiger partial charge in [-0.15, -0.1) is 0 Å². The third kappa shape index (κ3) is 4.30. The maximum Gasteiger partial charge on any atom is 0.123 e. The summed E-state index contributed by atoms with van der Waals surface area (Å²) in [5.41, 5.74) is 0.833.